The molecule has 10 heteroatoms. The van der Waals surface area contributed by atoms with Gasteiger partial charge < -0.3 is 40.5 Å². The Hall–Kier alpha value is -3.40. The summed E-state index contributed by atoms with van der Waals surface area (Å²) in [5.74, 6) is 1.40. The fourth-order valence-electron chi connectivity index (χ4n) is 4.50. The number of carbonyl (C=O) groups excluding carboxylic acids is 1. The first-order valence-corrected chi connectivity index (χ1v) is 12.4. The zero-order valence-electron chi connectivity index (χ0n) is 20.7. The molecule has 4 N–H and O–H groups in total. The molecule has 3 aliphatic rings. The van der Waals surface area contributed by atoms with Crippen molar-refractivity contribution in [1.29, 1.82) is 0 Å². The number of hydrogen-bond acceptors (Lipinski definition) is 9. The smallest absolute Gasteiger partial charge is 0.409 e. The third-order valence-electron chi connectivity index (χ3n) is 6.35. The maximum absolute atomic E-state index is 11.9. The molecule has 4 rings (SSSR count). The Kier molecular flexibility index (Phi) is 8.36. The van der Waals surface area contributed by atoms with E-state index in [4.69, 9.17) is 9.47 Å². The number of allylic oxidation sites excluding steroid dienone is 1. The maximum Gasteiger partial charge on any atom is 0.409 e. The van der Waals surface area contributed by atoms with E-state index in [9.17, 15) is 4.79 Å². The molecule has 1 aromatic carbocycles. The highest BCUT2D eigenvalue weighted by atomic mass is 16.6. The number of carbonyl (C=O) groups is 1. The monoisotopic (exact) mass is 483 g/mol. The summed E-state index contributed by atoms with van der Waals surface area (Å²) in [6, 6.07) is 8.63. The fraction of sp³-hybridized carbons (Fsp3) is 0.520. The molecule has 0 bridgehead atoms. The van der Waals surface area contributed by atoms with E-state index in [1.54, 1.807) is 4.90 Å². The van der Waals surface area contributed by atoms with Gasteiger partial charge in [-0.2, -0.15) is 0 Å². The Labute approximate surface area is 207 Å². The molecule has 10 nitrogen and oxygen atoms in total. The highest BCUT2D eigenvalue weighted by Gasteiger charge is 2.25. The van der Waals surface area contributed by atoms with E-state index in [2.05, 4.69) is 62.0 Å². The van der Waals surface area contributed by atoms with Crippen molar-refractivity contribution in [3.63, 3.8) is 0 Å². The van der Waals surface area contributed by atoms with Gasteiger partial charge in [-0.05, 0) is 51.0 Å². The zero-order chi connectivity index (χ0) is 24.6. The first-order valence-electron chi connectivity index (χ1n) is 12.4. The molecule has 35 heavy (non-hydrogen) atoms. The average molecular weight is 484 g/mol. The minimum atomic E-state index is -0.223. The van der Waals surface area contributed by atoms with Crippen LogP contribution >= 0.6 is 0 Å². The van der Waals surface area contributed by atoms with Crippen molar-refractivity contribution in [1.82, 2.24) is 20.9 Å². The van der Waals surface area contributed by atoms with Crippen LogP contribution in [0.5, 0.6) is 0 Å². The molecule has 190 valence electrons. The van der Waals surface area contributed by atoms with Gasteiger partial charge >= 0.3 is 6.09 Å². The second-order valence-corrected chi connectivity index (χ2v) is 8.82. The van der Waals surface area contributed by atoms with Gasteiger partial charge in [0.25, 0.3) is 0 Å². The Morgan fingerprint density at radius 1 is 1.17 bits per heavy atom. The second-order valence-electron chi connectivity index (χ2n) is 8.82. The molecule has 1 aromatic rings. The van der Waals surface area contributed by atoms with E-state index in [1.165, 1.54) is 5.69 Å². The molecule has 0 aliphatic carbocycles. The molecule has 3 heterocycles. The first-order chi connectivity index (χ1) is 17.0. The summed E-state index contributed by atoms with van der Waals surface area (Å²) in [6.07, 6.45) is 1.52. The standard InChI is InChI=1S/C25H37N7O3/c1-4-35-25(33)32-11-9-21(10-12-32)28-18(2)23-24(27-17-26-23)30-19(3)29-20-5-7-22(8-6-20)31-13-15-34-16-14-31/h5-8,21,26,28-29H,3-4,9-17H2,1-2H3,(H,27,30)/b23-18-. The van der Waals surface area contributed by atoms with Crippen LogP contribution in [0.2, 0.25) is 0 Å². The van der Waals surface area contributed by atoms with Gasteiger partial charge in [0.1, 0.15) is 12.5 Å². The minimum Gasteiger partial charge on any atom is -0.450 e. The van der Waals surface area contributed by atoms with Crippen molar-refractivity contribution in [2.45, 2.75) is 32.7 Å². The summed E-state index contributed by atoms with van der Waals surface area (Å²) in [5, 5.41) is 13.5. The lowest BCUT2D eigenvalue weighted by molar-refractivity contribution is 0.0958. The van der Waals surface area contributed by atoms with E-state index in [-0.39, 0.29) is 6.09 Å². The van der Waals surface area contributed by atoms with Crippen LogP contribution in [0.4, 0.5) is 16.2 Å². The van der Waals surface area contributed by atoms with Crippen molar-refractivity contribution in [3.05, 3.63) is 48.1 Å². The number of piperidine rings is 1. The predicted molar refractivity (Wildman–Crippen MR) is 138 cm³/mol. The third-order valence-corrected chi connectivity index (χ3v) is 6.35. The lowest BCUT2D eigenvalue weighted by atomic mass is 10.0. The number of ether oxygens (including phenoxy) is 2. The van der Waals surface area contributed by atoms with Crippen LogP contribution in [-0.2, 0) is 9.47 Å². The van der Waals surface area contributed by atoms with Crippen LogP contribution in [0.3, 0.4) is 0 Å². The lowest BCUT2D eigenvalue weighted by Crippen LogP contribution is -2.45. The molecule has 3 aliphatic heterocycles. The normalized spacial score (nSPS) is 20.0. The molecular formula is C25H37N7O3. The summed E-state index contributed by atoms with van der Waals surface area (Å²) < 4.78 is 10.5. The Morgan fingerprint density at radius 2 is 1.89 bits per heavy atom. The maximum atomic E-state index is 11.9. The van der Waals surface area contributed by atoms with Gasteiger partial charge in [-0.25, -0.2) is 9.79 Å². The number of benzene rings is 1. The number of likely N-dealkylation sites (tertiary alicyclic amines) is 1. The van der Waals surface area contributed by atoms with E-state index in [1.807, 2.05) is 13.8 Å². The van der Waals surface area contributed by atoms with Gasteiger partial charge in [0.2, 0.25) is 0 Å². The number of amidine groups is 1. The highest BCUT2D eigenvalue weighted by molar-refractivity contribution is 6.00. The van der Waals surface area contributed by atoms with E-state index in [0.29, 0.717) is 38.2 Å². The van der Waals surface area contributed by atoms with Crippen LogP contribution in [0.1, 0.15) is 26.7 Å². The van der Waals surface area contributed by atoms with Crippen LogP contribution in [0.15, 0.2) is 53.1 Å². The van der Waals surface area contributed by atoms with Gasteiger partial charge in [0.15, 0.2) is 5.84 Å². The largest absolute Gasteiger partial charge is 0.450 e. The van der Waals surface area contributed by atoms with Crippen molar-refractivity contribution >= 4 is 23.3 Å². The van der Waals surface area contributed by atoms with Gasteiger partial charge in [0, 0.05) is 49.3 Å². The van der Waals surface area contributed by atoms with Crippen molar-refractivity contribution in [2.24, 2.45) is 4.99 Å². The molecule has 0 unspecified atom stereocenters. The Bertz CT molecular complexity index is 946. The van der Waals surface area contributed by atoms with Crippen LogP contribution in [-0.4, -0.2) is 75.5 Å². The van der Waals surface area contributed by atoms with E-state index in [0.717, 1.165) is 62.1 Å². The molecular weight excluding hydrogens is 446 g/mol. The molecule has 1 amide bonds. The van der Waals surface area contributed by atoms with Crippen molar-refractivity contribution in [3.8, 4) is 0 Å². The fourth-order valence-corrected chi connectivity index (χ4v) is 4.50. The Balaban J connectivity index is 1.27. The van der Waals surface area contributed by atoms with Gasteiger partial charge in [-0.15, -0.1) is 0 Å². The van der Waals surface area contributed by atoms with Crippen LogP contribution in [0.25, 0.3) is 0 Å². The second kappa shape index (κ2) is 11.8. The number of nitrogens with one attached hydrogen (secondary N) is 4. The van der Waals surface area contributed by atoms with Gasteiger partial charge in [-0.1, -0.05) is 6.58 Å². The SMILES string of the molecule is C=C(NC1=NCN/C1=C(/C)NC1CCN(C(=O)OCC)CC1)Nc1ccc(N2CCOCC2)cc1. The van der Waals surface area contributed by atoms with Gasteiger partial charge in [-0.3, -0.25) is 0 Å². The van der Waals surface area contributed by atoms with Crippen LogP contribution in [0, 0.1) is 0 Å². The summed E-state index contributed by atoms with van der Waals surface area (Å²) >= 11 is 0. The zero-order valence-corrected chi connectivity index (χ0v) is 20.7. The number of rotatable bonds is 7. The lowest BCUT2D eigenvalue weighted by Gasteiger charge is -2.32. The Morgan fingerprint density at radius 3 is 2.57 bits per heavy atom. The summed E-state index contributed by atoms with van der Waals surface area (Å²) in [4.78, 5) is 20.6. The number of morpholine rings is 1. The molecule has 2 saturated heterocycles. The number of amides is 1. The van der Waals surface area contributed by atoms with E-state index < -0.39 is 0 Å². The molecule has 0 radical (unpaired) electrons. The molecule has 0 saturated carbocycles. The summed E-state index contributed by atoms with van der Waals surface area (Å²) in [7, 11) is 0. The van der Waals surface area contributed by atoms with Crippen molar-refractivity contribution in [2.75, 3.05) is 62.9 Å². The molecule has 0 spiro atoms. The van der Waals surface area contributed by atoms with E-state index >= 15 is 0 Å². The summed E-state index contributed by atoms with van der Waals surface area (Å²) in [6.45, 7) is 13.7. The summed E-state index contributed by atoms with van der Waals surface area (Å²) in [5.41, 5.74) is 4.11. The molecule has 0 atom stereocenters. The van der Waals surface area contributed by atoms with Crippen LogP contribution < -0.4 is 26.2 Å². The topological polar surface area (TPSA) is 102 Å². The van der Waals surface area contributed by atoms with Crippen molar-refractivity contribution < 1.29 is 14.3 Å². The average Bonchev–Trinajstić information content (AvgIpc) is 3.33. The molecule has 2 fully saturated rings. The predicted octanol–water partition coefficient (Wildman–Crippen LogP) is 2.40. The third kappa shape index (κ3) is 6.60. The number of aliphatic imine (C=N–C) groups is 1. The molecule has 0 aromatic heterocycles. The number of anilines is 2. The number of hydrogen-bond donors (Lipinski definition) is 4. The van der Waals surface area contributed by atoms with Gasteiger partial charge in [0.05, 0.1) is 25.5 Å². The quantitative estimate of drug-likeness (QED) is 0.469. The number of nitrogens with zero attached hydrogens (tertiary/aromatic N) is 3. The first kappa shape index (κ1) is 24.7. The minimum absolute atomic E-state index is 0.223. The highest BCUT2D eigenvalue weighted by Crippen LogP contribution is 2.20.